The molecule has 1 aliphatic heterocycles. The van der Waals surface area contributed by atoms with Gasteiger partial charge in [0.25, 0.3) is 11.7 Å². The van der Waals surface area contributed by atoms with E-state index in [0.29, 0.717) is 22.6 Å². The maximum Gasteiger partial charge on any atom is 0.296 e. The lowest BCUT2D eigenvalue weighted by Crippen LogP contribution is -2.12. The van der Waals surface area contributed by atoms with Gasteiger partial charge in [-0.05, 0) is 12.1 Å². The lowest BCUT2D eigenvalue weighted by Gasteiger charge is -1.97. The normalized spacial score (nSPS) is 12.9. The van der Waals surface area contributed by atoms with E-state index in [1.165, 1.54) is 0 Å². The summed E-state index contributed by atoms with van der Waals surface area (Å²) >= 11 is 3.96. The molecule has 0 unspecified atom stereocenters. The molecule has 0 bridgehead atoms. The molecule has 1 aliphatic rings. The van der Waals surface area contributed by atoms with E-state index in [-0.39, 0.29) is 0 Å². The third-order valence-corrected chi connectivity index (χ3v) is 2.21. The molecule has 1 aromatic carbocycles. The van der Waals surface area contributed by atoms with Gasteiger partial charge < -0.3 is 5.32 Å². The maximum atomic E-state index is 11.5. The number of hydrogen-bond donors (Lipinski definition) is 2. The molecular weight excluding hydrogens is 210 g/mol. The Balaban J connectivity index is 2.57. The van der Waals surface area contributed by atoms with Gasteiger partial charge in [-0.15, -0.1) is 0 Å². The fourth-order valence-electron chi connectivity index (χ4n) is 1.43. The maximum absolute atomic E-state index is 11.5. The van der Waals surface area contributed by atoms with Crippen LogP contribution in [0.15, 0.2) is 18.2 Å². The van der Waals surface area contributed by atoms with Crippen LogP contribution in [0.25, 0.3) is 0 Å². The first-order chi connectivity index (χ1) is 7.24. The van der Waals surface area contributed by atoms with Gasteiger partial charge in [0.2, 0.25) is 0 Å². The van der Waals surface area contributed by atoms with Crippen LogP contribution in [-0.4, -0.2) is 17.4 Å². The predicted molar refractivity (Wildman–Crippen MR) is 60.1 cm³/mol. The van der Waals surface area contributed by atoms with E-state index in [0.717, 1.165) is 0 Å². The monoisotopic (exact) mass is 217 g/mol. The van der Waals surface area contributed by atoms with E-state index in [9.17, 15) is 9.59 Å². The Labute approximate surface area is 92.3 Å². The molecule has 0 saturated heterocycles. The molecule has 0 fully saturated rings. The number of benzene rings is 1. The number of carbonyl (C=O) groups excluding carboxylic acids is 2. The number of amides is 1. The number of ketones is 1. The first-order valence-electron chi connectivity index (χ1n) is 4.32. The lowest BCUT2D eigenvalue weighted by atomic mass is 10.0. The van der Waals surface area contributed by atoms with Crippen LogP contribution in [0.1, 0.15) is 15.9 Å². The lowest BCUT2D eigenvalue weighted by molar-refractivity contribution is -0.112. The molecule has 2 rings (SSSR count). The van der Waals surface area contributed by atoms with E-state index < -0.39 is 11.7 Å². The molecule has 74 valence electrons. The second kappa shape index (κ2) is 3.79. The molecule has 1 aromatic rings. The van der Waals surface area contributed by atoms with Crippen LogP contribution in [-0.2, 0) is 4.79 Å². The zero-order valence-electron chi connectivity index (χ0n) is 7.70. The highest BCUT2D eigenvalue weighted by molar-refractivity contribution is 7.80. The number of Topliss-reactive ketones (excluding diaryl/α,β-unsaturated/α-hetero) is 1. The number of rotatable bonds is 0. The number of fused-ring (bicyclic) bond motifs is 1. The predicted octanol–water partition coefficient (Wildman–Crippen LogP) is 1.10. The van der Waals surface area contributed by atoms with Gasteiger partial charge in [-0.1, -0.05) is 17.9 Å². The number of nitrogens with one attached hydrogen (secondary N) is 1. The molecule has 3 nitrogen and oxygen atoms in total. The summed E-state index contributed by atoms with van der Waals surface area (Å²) in [6.45, 7) is 0. The van der Waals surface area contributed by atoms with Gasteiger partial charge in [0.15, 0.2) is 0 Å². The summed E-state index contributed by atoms with van der Waals surface area (Å²) in [5.41, 5.74) is 1.48. The average Bonchev–Trinajstić information content (AvgIpc) is 2.53. The third kappa shape index (κ3) is 1.62. The van der Waals surface area contributed by atoms with Gasteiger partial charge in [-0.25, -0.2) is 0 Å². The Morgan fingerprint density at radius 1 is 1.33 bits per heavy atom. The zero-order chi connectivity index (χ0) is 10.8. The van der Waals surface area contributed by atoms with Crippen molar-refractivity contribution in [3.05, 3.63) is 29.3 Å². The Hall–Kier alpha value is -1.73. The first kappa shape index (κ1) is 9.81. The van der Waals surface area contributed by atoms with Crippen LogP contribution in [0.2, 0.25) is 0 Å². The van der Waals surface area contributed by atoms with Crippen molar-refractivity contribution in [2.75, 3.05) is 11.1 Å². The Morgan fingerprint density at radius 2 is 2.13 bits per heavy atom. The second-order valence-electron chi connectivity index (χ2n) is 2.97. The molecule has 1 amide bonds. The van der Waals surface area contributed by atoms with Crippen molar-refractivity contribution in [1.82, 2.24) is 0 Å². The molecule has 4 heteroatoms. The van der Waals surface area contributed by atoms with Gasteiger partial charge in [0.1, 0.15) is 0 Å². The smallest absolute Gasteiger partial charge is 0.296 e. The minimum absolute atomic E-state index is 0.372. The van der Waals surface area contributed by atoms with Crippen LogP contribution >= 0.6 is 12.6 Å². The summed E-state index contributed by atoms with van der Waals surface area (Å²) in [4.78, 5) is 22.6. The molecular formula is C11H7NO2S. The minimum Gasteiger partial charge on any atom is -0.318 e. The molecule has 1 heterocycles. The molecule has 0 atom stereocenters. The molecule has 0 aliphatic carbocycles. The van der Waals surface area contributed by atoms with E-state index in [1.807, 2.05) is 0 Å². The number of hydrogen-bond acceptors (Lipinski definition) is 3. The second-order valence-corrected chi connectivity index (χ2v) is 3.29. The standard InChI is InChI=1S/C11H7NO2S/c13-10-9-7(4-2-6-15)3-1-5-8(9)12-11(10)14/h1,3,5,15H,6H2,(H,12,13,14). The fraction of sp³-hybridized carbons (Fsp3) is 0.0909. The summed E-state index contributed by atoms with van der Waals surface area (Å²) in [6.07, 6.45) is 0. The van der Waals surface area contributed by atoms with Gasteiger partial charge in [-0.3, -0.25) is 9.59 Å². The molecule has 0 saturated carbocycles. The van der Waals surface area contributed by atoms with E-state index in [4.69, 9.17) is 0 Å². The Bertz CT molecular complexity index is 511. The molecule has 1 N–H and O–H groups in total. The zero-order valence-corrected chi connectivity index (χ0v) is 8.60. The van der Waals surface area contributed by atoms with Crippen LogP contribution in [0.4, 0.5) is 5.69 Å². The number of thiol groups is 1. The summed E-state index contributed by atoms with van der Waals surface area (Å²) in [6, 6.07) is 5.15. The Kier molecular flexibility index (Phi) is 2.48. The van der Waals surface area contributed by atoms with Gasteiger partial charge in [0, 0.05) is 5.56 Å². The molecule has 0 aromatic heterocycles. The largest absolute Gasteiger partial charge is 0.318 e. The third-order valence-electron chi connectivity index (χ3n) is 2.05. The highest BCUT2D eigenvalue weighted by atomic mass is 32.1. The van der Waals surface area contributed by atoms with Crippen LogP contribution in [0.3, 0.4) is 0 Å². The van der Waals surface area contributed by atoms with Crippen molar-refractivity contribution in [2.45, 2.75) is 0 Å². The van der Waals surface area contributed by atoms with Crippen molar-refractivity contribution in [2.24, 2.45) is 0 Å². The van der Waals surface area contributed by atoms with Crippen molar-refractivity contribution in [3.63, 3.8) is 0 Å². The highest BCUT2D eigenvalue weighted by Crippen LogP contribution is 2.25. The van der Waals surface area contributed by atoms with Gasteiger partial charge in [0.05, 0.1) is 17.0 Å². The van der Waals surface area contributed by atoms with Crippen LogP contribution < -0.4 is 5.32 Å². The molecule has 15 heavy (non-hydrogen) atoms. The van der Waals surface area contributed by atoms with Crippen molar-refractivity contribution < 1.29 is 9.59 Å². The molecule has 0 spiro atoms. The van der Waals surface area contributed by atoms with Crippen molar-refractivity contribution in [3.8, 4) is 11.8 Å². The van der Waals surface area contributed by atoms with E-state index >= 15 is 0 Å². The SMILES string of the molecule is O=C1Nc2cccc(C#CCS)c2C1=O. The number of carbonyl (C=O) groups is 2. The highest BCUT2D eigenvalue weighted by Gasteiger charge is 2.29. The van der Waals surface area contributed by atoms with Crippen molar-refractivity contribution in [1.29, 1.82) is 0 Å². The average molecular weight is 217 g/mol. The fourth-order valence-corrected chi connectivity index (χ4v) is 1.51. The first-order valence-corrected chi connectivity index (χ1v) is 4.95. The van der Waals surface area contributed by atoms with Crippen LogP contribution in [0.5, 0.6) is 0 Å². The topological polar surface area (TPSA) is 46.2 Å². The quantitative estimate of drug-likeness (QED) is 0.388. The van der Waals surface area contributed by atoms with Crippen molar-refractivity contribution >= 4 is 30.0 Å². The number of anilines is 1. The summed E-state index contributed by atoms with van der Waals surface area (Å²) in [5, 5.41) is 2.49. The van der Waals surface area contributed by atoms with Gasteiger partial charge >= 0.3 is 0 Å². The molecule has 0 radical (unpaired) electrons. The summed E-state index contributed by atoms with van der Waals surface area (Å²) in [7, 11) is 0. The minimum atomic E-state index is -0.592. The Morgan fingerprint density at radius 3 is 2.87 bits per heavy atom. The van der Waals surface area contributed by atoms with Crippen LogP contribution in [0, 0.1) is 11.8 Å². The van der Waals surface area contributed by atoms with E-state index in [1.54, 1.807) is 18.2 Å². The summed E-state index contributed by atoms with van der Waals surface area (Å²) in [5.74, 6) is 4.86. The van der Waals surface area contributed by atoms with Gasteiger partial charge in [-0.2, -0.15) is 12.6 Å². The summed E-state index contributed by atoms with van der Waals surface area (Å²) < 4.78 is 0. The van der Waals surface area contributed by atoms with E-state index in [2.05, 4.69) is 29.8 Å².